The van der Waals surface area contributed by atoms with Gasteiger partial charge in [-0.15, -0.1) is 0 Å². The number of rotatable bonds is 6. The second-order valence-corrected chi connectivity index (χ2v) is 6.83. The number of amides is 1. The minimum atomic E-state index is -4.42. The summed E-state index contributed by atoms with van der Waals surface area (Å²) in [5, 5.41) is 14.3. The summed E-state index contributed by atoms with van der Waals surface area (Å²) in [6.07, 6.45) is 1.17. The van der Waals surface area contributed by atoms with Gasteiger partial charge in [0.05, 0.1) is 4.90 Å². The molecule has 1 amide bonds. The van der Waals surface area contributed by atoms with Crippen LogP contribution in [-0.4, -0.2) is 24.7 Å². The summed E-state index contributed by atoms with van der Waals surface area (Å²) < 4.78 is 31.3. The zero-order valence-electron chi connectivity index (χ0n) is 14.1. The normalized spacial score (nSPS) is 11.4. The van der Waals surface area contributed by atoms with E-state index in [-0.39, 0.29) is 21.9 Å². The first-order valence-corrected chi connectivity index (χ1v) is 9.01. The van der Waals surface area contributed by atoms with Gasteiger partial charge in [0, 0.05) is 23.1 Å². The Morgan fingerprint density at radius 1 is 1.11 bits per heavy atom. The monoisotopic (exact) mass is 385 g/mol. The van der Waals surface area contributed by atoms with Crippen LogP contribution < -0.4 is 10.6 Å². The molecular weight excluding hydrogens is 370 g/mol. The number of ketones is 1. The number of carbonyl (C=O) groups is 2. The molecule has 9 heteroatoms. The predicted molar refractivity (Wildman–Crippen MR) is 98.7 cm³/mol. The Kier molecular flexibility index (Phi) is 6.07. The number of nitrogens with one attached hydrogen (secondary N) is 2. The molecule has 27 heavy (non-hydrogen) atoms. The maximum absolute atomic E-state index is 12.2. The number of hydrogen-bond donors (Lipinski definition) is 3. The predicted octanol–water partition coefficient (Wildman–Crippen LogP) is 2.59. The van der Waals surface area contributed by atoms with Crippen molar-refractivity contribution in [2.24, 2.45) is 0 Å². The van der Waals surface area contributed by atoms with Crippen molar-refractivity contribution in [2.75, 3.05) is 10.6 Å². The molecule has 0 saturated carbocycles. The van der Waals surface area contributed by atoms with Crippen molar-refractivity contribution in [3.63, 3.8) is 0 Å². The molecule has 0 radical (unpaired) electrons. The number of nitriles is 1. The summed E-state index contributed by atoms with van der Waals surface area (Å²) in [4.78, 5) is 23.2. The van der Waals surface area contributed by atoms with Gasteiger partial charge in [-0.25, -0.2) is 0 Å². The van der Waals surface area contributed by atoms with Crippen molar-refractivity contribution < 1.29 is 22.6 Å². The molecule has 2 aromatic rings. The second kappa shape index (κ2) is 8.27. The van der Waals surface area contributed by atoms with Crippen LogP contribution in [0.4, 0.5) is 11.4 Å². The van der Waals surface area contributed by atoms with E-state index in [0.717, 1.165) is 12.1 Å². The van der Waals surface area contributed by atoms with E-state index in [2.05, 4.69) is 10.6 Å². The Morgan fingerprint density at radius 2 is 1.78 bits per heavy atom. The topological polar surface area (TPSA) is 136 Å². The summed E-state index contributed by atoms with van der Waals surface area (Å²) in [7, 11) is -4.42. The van der Waals surface area contributed by atoms with Gasteiger partial charge in [-0.3, -0.25) is 14.1 Å². The summed E-state index contributed by atoms with van der Waals surface area (Å²) >= 11 is 0. The molecule has 0 aromatic heterocycles. The van der Waals surface area contributed by atoms with Gasteiger partial charge in [-0.2, -0.15) is 13.7 Å². The van der Waals surface area contributed by atoms with E-state index in [0.29, 0.717) is 11.3 Å². The fourth-order valence-corrected chi connectivity index (χ4v) is 2.59. The van der Waals surface area contributed by atoms with Gasteiger partial charge >= 0.3 is 0 Å². The third-order valence-corrected chi connectivity index (χ3v) is 4.26. The average molecular weight is 385 g/mol. The first-order valence-electron chi connectivity index (χ1n) is 7.57. The molecule has 0 fully saturated rings. The molecule has 0 atom stereocenters. The second-order valence-electron chi connectivity index (χ2n) is 5.41. The van der Waals surface area contributed by atoms with E-state index < -0.39 is 16.0 Å². The van der Waals surface area contributed by atoms with Gasteiger partial charge in [0.2, 0.25) is 0 Å². The highest BCUT2D eigenvalue weighted by Gasteiger charge is 2.13. The Hall–Kier alpha value is -3.48. The average Bonchev–Trinajstić information content (AvgIpc) is 2.62. The molecule has 0 saturated heterocycles. The molecule has 0 bridgehead atoms. The van der Waals surface area contributed by atoms with Crippen LogP contribution in [0.3, 0.4) is 0 Å². The summed E-state index contributed by atoms with van der Waals surface area (Å²) in [6.45, 7) is 1.42. The first kappa shape index (κ1) is 19.8. The molecule has 0 aliphatic rings. The van der Waals surface area contributed by atoms with Crippen molar-refractivity contribution in [2.45, 2.75) is 11.8 Å². The fourth-order valence-electron chi connectivity index (χ4n) is 2.06. The van der Waals surface area contributed by atoms with E-state index in [4.69, 9.17) is 4.55 Å². The lowest BCUT2D eigenvalue weighted by Crippen LogP contribution is -2.15. The van der Waals surface area contributed by atoms with Crippen molar-refractivity contribution in [3.8, 4) is 6.07 Å². The first-order chi connectivity index (χ1) is 12.7. The number of benzene rings is 2. The van der Waals surface area contributed by atoms with E-state index in [1.165, 1.54) is 25.3 Å². The smallest absolute Gasteiger partial charge is 0.294 e. The number of carbonyl (C=O) groups excluding carboxylic acids is 2. The minimum Gasteiger partial charge on any atom is -0.360 e. The van der Waals surface area contributed by atoms with Crippen LogP contribution >= 0.6 is 0 Å². The molecule has 138 valence electrons. The summed E-state index contributed by atoms with van der Waals surface area (Å²) in [6, 6.07) is 13.2. The van der Waals surface area contributed by atoms with Crippen LogP contribution in [0.1, 0.15) is 17.3 Å². The third-order valence-electron chi connectivity index (χ3n) is 3.41. The SMILES string of the molecule is CC(=O)c1cccc(N/C=C(/C#N)C(=O)Nc2cccc(S(=O)(=O)O)c2)c1. The van der Waals surface area contributed by atoms with Crippen LogP contribution in [-0.2, 0) is 14.9 Å². The minimum absolute atomic E-state index is 0.0925. The highest BCUT2D eigenvalue weighted by molar-refractivity contribution is 7.85. The molecule has 2 rings (SSSR count). The number of Topliss-reactive ketones (excluding diaryl/α,β-unsaturated/α-hetero) is 1. The largest absolute Gasteiger partial charge is 0.360 e. The van der Waals surface area contributed by atoms with Crippen molar-refractivity contribution in [1.82, 2.24) is 0 Å². The van der Waals surface area contributed by atoms with Crippen LogP contribution in [0.15, 0.2) is 65.2 Å². The molecule has 0 unspecified atom stereocenters. The van der Waals surface area contributed by atoms with E-state index >= 15 is 0 Å². The Morgan fingerprint density at radius 3 is 2.41 bits per heavy atom. The van der Waals surface area contributed by atoms with Gasteiger partial charge in [0.25, 0.3) is 16.0 Å². The van der Waals surface area contributed by atoms with Crippen molar-refractivity contribution in [1.29, 1.82) is 5.26 Å². The number of nitrogens with zero attached hydrogens (tertiary/aromatic N) is 1. The maximum atomic E-state index is 12.2. The summed E-state index contributed by atoms with van der Waals surface area (Å²) in [5.41, 5.74) is 0.797. The lowest BCUT2D eigenvalue weighted by molar-refractivity contribution is -0.112. The summed E-state index contributed by atoms with van der Waals surface area (Å²) in [5.74, 6) is -0.903. The van der Waals surface area contributed by atoms with Gasteiger partial charge in [0.1, 0.15) is 11.6 Å². The van der Waals surface area contributed by atoms with Crippen LogP contribution in [0.2, 0.25) is 0 Å². The molecule has 3 N–H and O–H groups in total. The number of hydrogen-bond acceptors (Lipinski definition) is 6. The molecule has 2 aromatic carbocycles. The molecule has 0 spiro atoms. The van der Waals surface area contributed by atoms with E-state index in [1.807, 2.05) is 0 Å². The Labute approximate surface area is 155 Å². The van der Waals surface area contributed by atoms with Crippen molar-refractivity contribution in [3.05, 3.63) is 65.9 Å². The third kappa shape index (κ3) is 5.50. The zero-order chi connectivity index (χ0) is 20.0. The molecule has 0 aliphatic carbocycles. The standard InChI is InChI=1S/C18H15N3O5S/c1-12(22)13-4-2-5-15(8-13)20-11-14(10-19)18(23)21-16-6-3-7-17(9-16)27(24,25)26/h2-9,11,20H,1H3,(H,21,23)(H,24,25,26)/b14-11-. The van der Waals surface area contributed by atoms with E-state index in [9.17, 15) is 23.3 Å². The lowest BCUT2D eigenvalue weighted by Gasteiger charge is -2.07. The zero-order valence-corrected chi connectivity index (χ0v) is 14.9. The maximum Gasteiger partial charge on any atom is 0.294 e. The quantitative estimate of drug-likeness (QED) is 0.301. The highest BCUT2D eigenvalue weighted by atomic mass is 32.2. The van der Waals surface area contributed by atoms with Crippen molar-refractivity contribution >= 4 is 33.2 Å². The lowest BCUT2D eigenvalue weighted by atomic mass is 10.1. The molecular formula is C18H15N3O5S. The van der Waals surface area contributed by atoms with Crippen LogP contribution in [0.5, 0.6) is 0 Å². The molecule has 8 nitrogen and oxygen atoms in total. The van der Waals surface area contributed by atoms with Crippen LogP contribution in [0, 0.1) is 11.3 Å². The van der Waals surface area contributed by atoms with Gasteiger partial charge in [-0.1, -0.05) is 18.2 Å². The Bertz CT molecular complexity index is 1070. The molecule has 0 heterocycles. The van der Waals surface area contributed by atoms with Gasteiger partial charge in [-0.05, 0) is 37.3 Å². The van der Waals surface area contributed by atoms with E-state index in [1.54, 1.807) is 30.3 Å². The number of anilines is 2. The highest BCUT2D eigenvalue weighted by Crippen LogP contribution is 2.16. The van der Waals surface area contributed by atoms with Crippen LogP contribution in [0.25, 0.3) is 0 Å². The van der Waals surface area contributed by atoms with Gasteiger partial charge < -0.3 is 10.6 Å². The molecule has 0 aliphatic heterocycles. The van der Waals surface area contributed by atoms with Gasteiger partial charge in [0.15, 0.2) is 5.78 Å². The fraction of sp³-hybridized carbons (Fsp3) is 0.0556. The Balaban J connectivity index is 2.17.